The van der Waals surface area contributed by atoms with Crippen LogP contribution in [0.4, 0.5) is 9.18 Å². The highest BCUT2D eigenvalue weighted by Crippen LogP contribution is 2.45. The van der Waals surface area contributed by atoms with Crippen LogP contribution in [-0.4, -0.2) is 100 Å². The molecule has 0 radical (unpaired) electrons. The average Bonchev–Trinajstić information content (AvgIpc) is 3.72. The number of ether oxygens (including phenoxy) is 4. The van der Waals surface area contributed by atoms with Gasteiger partial charge in [-0.2, -0.15) is 5.10 Å². The lowest BCUT2D eigenvalue weighted by molar-refractivity contribution is 0.0148. The van der Waals surface area contributed by atoms with Crippen molar-refractivity contribution in [3.05, 3.63) is 82.0 Å². The summed E-state index contributed by atoms with van der Waals surface area (Å²) >= 11 is 11.0. The lowest BCUT2D eigenvalue weighted by atomic mass is 9.93. The van der Waals surface area contributed by atoms with Crippen molar-refractivity contribution >= 4 is 61.3 Å². The van der Waals surface area contributed by atoms with Crippen LogP contribution in [0.5, 0.6) is 5.75 Å². The van der Waals surface area contributed by atoms with Gasteiger partial charge in [-0.15, -0.1) is 0 Å². The van der Waals surface area contributed by atoms with E-state index in [9.17, 15) is 14.0 Å². The van der Waals surface area contributed by atoms with Gasteiger partial charge < -0.3 is 28.4 Å². The molecule has 2 aromatic heterocycles. The van der Waals surface area contributed by atoms with Crippen LogP contribution in [0.2, 0.25) is 5.02 Å². The number of amides is 1. The van der Waals surface area contributed by atoms with Crippen molar-refractivity contribution in [2.75, 3.05) is 58.4 Å². The molecule has 1 amide bonds. The van der Waals surface area contributed by atoms with Crippen LogP contribution in [0.25, 0.3) is 32.8 Å². The van der Waals surface area contributed by atoms with Crippen LogP contribution in [0.3, 0.4) is 0 Å². The number of alkyl halides is 1. The molecular formula is C47H60BrClFN5O6. The molecule has 5 aromatic rings. The number of morpholine rings is 1. The Labute approximate surface area is 372 Å². The van der Waals surface area contributed by atoms with Crippen LogP contribution in [0, 0.1) is 5.82 Å². The zero-order chi connectivity index (χ0) is 43.8. The fourth-order valence-corrected chi connectivity index (χ4v) is 9.03. The molecule has 61 heavy (non-hydrogen) atoms. The van der Waals surface area contributed by atoms with E-state index in [1.165, 1.54) is 12.1 Å². The number of hydrogen-bond donors (Lipinski definition) is 0. The van der Waals surface area contributed by atoms with E-state index in [1.54, 1.807) is 18.0 Å². The Bertz CT molecular complexity index is 2320. The van der Waals surface area contributed by atoms with Crippen molar-refractivity contribution in [2.45, 2.75) is 91.3 Å². The van der Waals surface area contributed by atoms with E-state index in [0.29, 0.717) is 80.8 Å². The van der Waals surface area contributed by atoms with Crippen LogP contribution >= 0.6 is 27.5 Å². The fourth-order valence-electron chi connectivity index (χ4n) is 8.38. The van der Waals surface area contributed by atoms with Gasteiger partial charge in [-0.25, -0.2) is 14.0 Å². The van der Waals surface area contributed by atoms with Crippen molar-refractivity contribution in [2.24, 2.45) is 7.05 Å². The molecule has 0 bridgehead atoms. The van der Waals surface area contributed by atoms with Crippen molar-refractivity contribution in [3.63, 3.8) is 0 Å². The number of carbonyl (C=O) groups is 2. The Balaban J connectivity index is 1.50. The summed E-state index contributed by atoms with van der Waals surface area (Å²) in [6, 6.07) is 13.7. The number of unbranched alkanes of at least 4 members (excludes halogenated alkanes) is 1. The molecule has 1 fully saturated rings. The minimum Gasteiger partial charge on any atom is -0.493 e. The number of hydrogen-bond acceptors (Lipinski definition) is 8. The number of fused-ring (bicyclic) bond motifs is 2. The summed E-state index contributed by atoms with van der Waals surface area (Å²) in [6.45, 7) is 14.3. The van der Waals surface area contributed by atoms with Gasteiger partial charge in [0.15, 0.2) is 0 Å². The first-order valence-electron chi connectivity index (χ1n) is 21.5. The number of aryl methyl sites for hydroxylation is 3. The largest absolute Gasteiger partial charge is 0.493 e. The molecule has 1 atom stereocenters. The normalized spacial score (nSPS) is 14.1. The summed E-state index contributed by atoms with van der Waals surface area (Å²) in [5.41, 5.74) is 4.75. The highest BCUT2D eigenvalue weighted by Gasteiger charge is 2.35. The zero-order valence-corrected chi connectivity index (χ0v) is 39.0. The Morgan fingerprint density at radius 3 is 2.48 bits per heavy atom. The van der Waals surface area contributed by atoms with E-state index < -0.39 is 23.7 Å². The Morgan fingerprint density at radius 1 is 1.02 bits per heavy atom. The second-order valence-corrected chi connectivity index (χ2v) is 17.7. The number of nitrogens with zero attached hydrogens (tertiary/aromatic N) is 5. The summed E-state index contributed by atoms with van der Waals surface area (Å²) in [5, 5.41) is 9.02. The molecule has 1 aliphatic rings. The number of carbonyl (C=O) groups excluding carboxylic acids is 2. The number of esters is 1. The molecular weight excluding hydrogens is 865 g/mol. The van der Waals surface area contributed by atoms with Gasteiger partial charge in [0.05, 0.1) is 48.7 Å². The maximum Gasteiger partial charge on any atom is 0.410 e. The Kier molecular flexibility index (Phi) is 15.8. The number of benzene rings is 3. The molecule has 1 saturated heterocycles. The average molecular weight is 925 g/mol. The quantitative estimate of drug-likeness (QED) is 0.0487. The molecule has 0 unspecified atom stereocenters. The maximum atomic E-state index is 14.2. The Hall–Kier alpha value is -4.17. The Morgan fingerprint density at radius 2 is 1.77 bits per heavy atom. The predicted octanol–water partition coefficient (Wildman–Crippen LogP) is 10.5. The second kappa shape index (κ2) is 20.8. The summed E-state index contributed by atoms with van der Waals surface area (Å²) < 4.78 is 41.7. The maximum absolute atomic E-state index is 14.2. The zero-order valence-electron chi connectivity index (χ0n) is 36.6. The number of rotatable bonds is 18. The van der Waals surface area contributed by atoms with Crippen LogP contribution in [-0.2, 0) is 40.6 Å². The second-order valence-electron chi connectivity index (χ2n) is 16.5. The summed E-state index contributed by atoms with van der Waals surface area (Å²) in [7, 11) is 3.71. The molecule has 0 aliphatic carbocycles. The monoisotopic (exact) mass is 923 g/mol. The standard InChI is InChI=1S/C47H60BrClFN5O6/c1-8-37-41(42(51-53(37)7)38(21-24-54-25-28-58-29-26-54)52(6)46(57)61-47(3,4)5)40-36(49)20-19-35-34(44(45(56)59-9-2)55(43(35)40)23-11-10-22-48)15-13-27-60-39-16-12-14-31-30-32(50)17-18-33(31)39/h12,14,16-20,30,38H,8-11,13,15,21-29H2,1-7H3/t38-/m1/s1. The minimum absolute atomic E-state index is 0.216. The highest BCUT2D eigenvalue weighted by molar-refractivity contribution is 9.09. The smallest absolute Gasteiger partial charge is 0.410 e. The van der Waals surface area contributed by atoms with Gasteiger partial charge >= 0.3 is 12.1 Å². The lowest BCUT2D eigenvalue weighted by Crippen LogP contribution is -2.41. The third kappa shape index (κ3) is 10.7. The summed E-state index contributed by atoms with van der Waals surface area (Å²) in [4.78, 5) is 32.2. The van der Waals surface area contributed by atoms with Gasteiger partial charge in [-0.05, 0) is 108 Å². The lowest BCUT2D eigenvalue weighted by Gasteiger charge is -2.33. The SMILES string of the molecule is CCOC(=O)c1c(CCCOc2cccc3cc(F)ccc23)c2ccc(Cl)c(-c3c([C@@H](CCN4CCOCC4)N(C)C(=O)OC(C)(C)C)nn(C)c3CC)c2n1CCCCBr. The molecule has 14 heteroatoms. The van der Waals surface area contributed by atoms with E-state index in [2.05, 4.69) is 32.3 Å². The predicted molar refractivity (Wildman–Crippen MR) is 244 cm³/mol. The number of halogens is 3. The number of aromatic nitrogens is 3. The molecule has 0 N–H and O–H groups in total. The van der Waals surface area contributed by atoms with Crippen LogP contribution in [0.1, 0.15) is 93.8 Å². The third-order valence-electron chi connectivity index (χ3n) is 11.2. The molecule has 3 aromatic carbocycles. The fraction of sp³-hybridized carbons (Fsp3) is 0.511. The van der Waals surface area contributed by atoms with Gasteiger partial charge in [-0.1, -0.05) is 52.7 Å². The van der Waals surface area contributed by atoms with Gasteiger partial charge in [-0.3, -0.25) is 9.58 Å². The van der Waals surface area contributed by atoms with Crippen molar-refractivity contribution in [1.29, 1.82) is 0 Å². The molecule has 11 nitrogen and oxygen atoms in total. The van der Waals surface area contributed by atoms with E-state index >= 15 is 0 Å². The summed E-state index contributed by atoms with van der Waals surface area (Å²) in [6.07, 6.45) is 3.57. The van der Waals surface area contributed by atoms with Crippen LogP contribution < -0.4 is 4.74 Å². The first-order chi connectivity index (χ1) is 29.3. The van der Waals surface area contributed by atoms with E-state index in [4.69, 9.17) is 35.6 Å². The molecule has 3 heterocycles. The molecule has 0 saturated carbocycles. The summed E-state index contributed by atoms with van der Waals surface area (Å²) in [5.74, 6) is -0.0296. The third-order valence-corrected chi connectivity index (χ3v) is 12.1. The molecule has 0 spiro atoms. The van der Waals surface area contributed by atoms with Gasteiger partial charge in [0.2, 0.25) is 0 Å². The van der Waals surface area contributed by atoms with Gasteiger partial charge in [0.1, 0.15) is 22.9 Å². The molecule has 330 valence electrons. The van der Waals surface area contributed by atoms with Crippen molar-refractivity contribution in [1.82, 2.24) is 24.1 Å². The van der Waals surface area contributed by atoms with E-state index in [1.807, 2.05) is 69.8 Å². The van der Waals surface area contributed by atoms with E-state index in [0.717, 1.165) is 75.3 Å². The van der Waals surface area contributed by atoms with Gasteiger partial charge in [0.25, 0.3) is 0 Å². The molecule has 1 aliphatic heterocycles. The van der Waals surface area contributed by atoms with Crippen molar-refractivity contribution < 1.29 is 32.9 Å². The highest BCUT2D eigenvalue weighted by atomic mass is 79.9. The van der Waals surface area contributed by atoms with Crippen LogP contribution in [0.15, 0.2) is 48.5 Å². The van der Waals surface area contributed by atoms with E-state index in [-0.39, 0.29) is 12.4 Å². The first-order valence-corrected chi connectivity index (χ1v) is 23.0. The minimum atomic E-state index is -0.703. The first kappa shape index (κ1) is 46.3. The van der Waals surface area contributed by atoms with Crippen molar-refractivity contribution in [3.8, 4) is 16.9 Å². The topological polar surface area (TPSA) is 100 Å². The van der Waals surface area contributed by atoms with Gasteiger partial charge in [0, 0.05) is 73.2 Å². The molecule has 6 rings (SSSR count).